The van der Waals surface area contributed by atoms with Crippen LogP contribution in [0.15, 0.2) is 66.7 Å². The molecule has 10 heteroatoms. The van der Waals surface area contributed by atoms with Gasteiger partial charge in [-0.1, -0.05) is 18.2 Å². The van der Waals surface area contributed by atoms with Crippen molar-refractivity contribution in [1.29, 1.82) is 0 Å². The van der Waals surface area contributed by atoms with Gasteiger partial charge >= 0.3 is 12.1 Å². The summed E-state index contributed by atoms with van der Waals surface area (Å²) >= 11 is 0. The van der Waals surface area contributed by atoms with Gasteiger partial charge in [-0.15, -0.1) is 0 Å². The van der Waals surface area contributed by atoms with Crippen LogP contribution in [0.25, 0.3) is 0 Å². The highest BCUT2D eigenvalue weighted by molar-refractivity contribution is 6.00. The van der Waals surface area contributed by atoms with Crippen LogP contribution in [0.4, 0.5) is 26.3 Å². The monoisotopic (exact) mass is 467 g/mol. The molecule has 0 saturated carbocycles. The summed E-state index contributed by atoms with van der Waals surface area (Å²) in [6, 6.07) is 11.7. The maximum absolute atomic E-state index is 13.9. The normalized spacial score (nSPS) is 11.8. The lowest BCUT2D eigenvalue weighted by Crippen LogP contribution is -2.33. The van der Waals surface area contributed by atoms with Crippen LogP contribution in [0, 0.1) is 5.82 Å². The maximum atomic E-state index is 13.9. The number of ether oxygens (including phenoxy) is 1. The predicted molar refractivity (Wildman–Crippen MR) is 106 cm³/mol. The van der Waals surface area contributed by atoms with Gasteiger partial charge in [0, 0.05) is 17.5 Å². The van der Waals surface area contributed by atoms with Crippen LogP contribution in [0.1, 0.15) is 31.8 Å². The van der Waals surface area contributed by atoms with Crippen LogP contribution in [0.2, 0.25) is 0 Å². The number of primary amides is 1. The van der Waals surface area contributed by atoms with Gasteiger partial charge in [0.2, 0.25) is 5.91 Å². The third-order valence-corrected chi connectivity index (χ3v) is 4.62. The molecule has 0 saturated heterocycles. The van der Waals surface area contributed by atoms with E-state index < -0.39 is 40.9 Å². The average Bonchev–Trinajstić information content (AvgIpc) is 2.74. The molecule has 3 aromatic rings. The number of carbonyl (C=O) groups excluding carboxylic acids is 2. The second-order valence-electron chi connectivity index (χ2n) is 7.00. The van der Waals surface area contributed by atoms with Crippen LogP contribution >= 0.6 is 0 Å². The topological polar surface area (TPSA) is 69.4 Å². The fraction of sp³-hybridized carbons (Fsp3) is 0.130. The lowest BCUT2D eigenvalue weighted by molar-refractivity contribution is -0.289. The van der Waals surface area contributed by atoms with Crippen molar-refractivity contribution in [1.82, 2.24) is 0 Å². The van der Waals surface area contributed by atoms with Gasteiger partial charge in [0.15, 0.2) is 5.78 Å². The molecule has 3 aromatic carbocycles. The number of rotatable bonds is 7. The van der Waals surface area contributed by atoms with Crippen molar-refractivity contribution >= 4 is 11.7 Å². The Balaban J connectivity index is 2.02. The van der Waals surface area contributed by atoms with Crippen molar-refractivity contribution in [2.45, 2.75) is 18.5 Å². The first-order chi connectivity index (χ1) is 15.4. The molecule has 0 spiro atoms. The Kier molecular flexibility index (Phi) is 6.48. The quantitative estimate of drug-likeness (QED) is 0.353. The van der Waals surface area contributed by atoms with E-state index in [0.717, 1.165) is 30.3 Å². The number of halogens is 6. The summed E-state index contributed by atoms with van der Waals surface area (Å²) in [4.78, 5) is 24.2. The number of hydrogen-bond donors (Lipinski definition) is 1. The van der Waals surface area contributed by atoms with E-state index in [1.54, 1.807) is 0 Å². The Hall–Kier alpha value is -3.82. The fourth-order valence-corrected chi connectivity index (χ4v) is 2.94. The van der Waals surface area contributed by atoms with E-state index in [0.29, 0.717) is 17.7 Å². The Bertz CT molecular complexity index is 1190. The highest BCUT2D eigenvalue weighted by atomic mass is 19.4. The highest BCUT2D eigenvalue weighted by Gasteiger charge is 2.58. The Morgan fingerprint density at radius 3 is 2.15 bits per heavy atom. The van der Waals surface area contributed by atoms with E-state index in [2.05, 4.69) is 0 Å². The number of ketones is 1. The molecule has 0 radical (unpaired) electrons. The first kappa shape index (κ1) is 23.8. The van der Waals surface area contributed by atoms with Crippen LogP contribution in [0.3, 0.4) is 0 Å². The molecule has 0 aliphatic carbocycles. The van der Waals surface area contributed by atoms with E-state index in [-0.39, 0.29) is 23.3 Å². The molecule has 4 nitrogen and oxygen atoms in total. The summed E-state index contributed by atoms with van der Waals surface area (Å²) in [5.41, 5.74) is 3.97. The smallest absolute Gasteiger partial charge is 0.457 e. The van der Waals surface area contributed by atoms with Gasteiger partial charge in [0.1, 0.15) is 17.3 Å². The first-order valence-corrected chi connectivity index (χ1v) is 9.33. The SMILES string of the molecule is NC(=O)c1cccc(CC(=O)c2ccc(C(F)(F)C(F)(F)F)cc2Oc2ccc(F)cc2)c1. The molecule has 0 aromatic heterocycles. The van der Waals surface area contributed by atoms with Crippen molar-refractivity contribution in [3.63, 3.8) is 0 Å². The zero-order valence-electron chi connectivity index (χ0n) is 16.6. The minimum absolute atomic E-state index is 0.0892. The number of nitrogens with two attached hydrogens (primary N) is 1. The van der Waals surface area contributed by atoms with Crippen molar-refractivity contribution in [2.24, 2.45) is 5.73 Å². The van der Waals surface area contributed by atoms with Crippen LogP contribution in [-0.4, -0.2) is 17.9 Å². The third kappa shape index (κ3) is 5.33. The van der Waals surface area contributed by atoms with Gasteiger partial charge in [0.05, 0.1) is 5.56 Å². The summed E-state index contributed by atoms with van der Waals surface area (Å²) in [7, 11) is 0. The lowest BCUT2D eigenvalue weighted by Gasteiger charge is -2.21. The van der Waals surface area contributed by atoms with E-state index in [1.807, 2.05) is 0 Å². The van der Waals surface area contributed by atoms with Gasteiger partial charge in [-0.05, 0) is 54.1 Å². The van der Waals surface area contributed by atoms with Crippen LogP contribution < -0.4 is 10.5 Å². The minimum Gasteiger partial charge on any atom is -0.457 e. The van der Waals surface area contributed by atoms with Gasteiger partial charge in [-0.2, -0.15) is 22.0 Å². The van der Waals surface area contributed by atoms with Crippen molar-refractivity contribution in [2.75, 3.05) is 0 Å². The fourth-order valence-electron chi connectivity index (χ4n) is 2.94. The molecule has 33 heavy (non-hydrogen) atoms. The van der Waals surface area contributed by atoms with Crippen molar-refractivity contribution in [3.05, 3.63) is 94.8 Å². The average molecular weight is 467 g/mol. The highest BCUT2D eigenvalue weighted by Crippen LogP contribution is 2.45. The summed E-state index contributed by atoms with van der Waals surface area (Å²) < 4.78 is 84.8. The molecular formula is C23H15F6NO3. The predicted octanol–water partition coefficient (Wildman–Crippen LogP) is 5.80. The number of alkyl halides is 5. The molecule has 0 aliphatic heterocycles. The number of carbonyl (C=O) groups is 2. The molecule has 3 rings (SSSR count). The van der Waals surface area contributed by atoms with E-state index in [4.69, 9.17) is 10.5 Å². The summed E-state index contributed by atoms with van der Waals surface area (Å²) in [5.74, 6) is -7.91. The minimum atomic E-state index is -5.87. The molecule has 0 fully saturated rings. The lowest BCUT2D eigenvalue weighted by atomic mass is 9.98. The summed E-state index contributed by atoms with van der Waals surface area (Å²) in [6.07, 6.45) is -6.20. The van der Waals surface area contributed by atoms with Crippen LogP contribution in [-0.2, 0) is 12.3 Å². The standard InChI is InChI=1S/C23H15F6NO3/c24-16-5-7-17(8-6-16)33-20-12-15(22(25,26)23(27,28)29)4-9-18(20)19(31)11-13-2-1-3-14(10-13)21(30)32/h1-10,12H,11H2,(H2,30,32). The maximum Gasteiger partial charge on any atom is 0.458 e. The largest absolute Gasteiger partial charge is 0.458 e. The molecule has 2 N–H and O–H groups in total. The number of hydrogen-bond acceptors (Lipinski definition) is 3. The van der Waals surface area contributed by atoms with Gasteiger partial charge in [-0.3, -0.25) is 9.59 Å². The molecule has 0 bridgehead atoms. The molecule has 0 atom stereocenters. The second-order valence-corrected chi connectivity index (χ2v) is 7.00. The summed E-state index contributed by atoms with van der Waals surface area (Å²) in [5, 5.41) is 0. The first-order valence-electron chi connectivity index (χ1n) is 9.33. The number of benzene rings is 3. The third-order valence-electron chi connectivity index (χ3n) is 4.62. The number of Topliss-reactive ketones (excluding diaryl/α,β-unsaturated/α-hetero) is 1. The molecule has 1 amide bonds. The summed E-state index contributed by atoms with van der Waals surface area (Å²) in [6.45, 7) is 0. The Morgan fingerprint density at radius 2 is 1.55 bits per heavy atom. The Labute approximate surface area is 183 Å². The zero-order valence-corrected chi connectivity index (χ0v) is 16.6. The molecule has 0 unspecified atom stereocenters. The zero-order chi connectivity index (χ0) is 24.4. The van der Waals surface area contributed by atoms with Gasteiger partial charge in [-0.25, -0.2) is 4.39 Å². The molecule has 172 valence electrons. The Morgan fingerprint density at radius 1 is 0.879 bits per heavy atom. The van der Waals surface area contributed by atoms with Crippen molar-refractivity contribution in [3.8, 4) is 11.5 Å². The second kappa shape index (κ2) is 8.97. The van der Waals surface area contributed by atoms with E-state index in [1.165, 1.54) is 24.3 Å². The van der Waals surface area contributed by atoms with Gasteiger partial charge < -0.3 is 10.5 Å². The van der Waals surface area contributed by atoms with Crippen molar-refractivity contribution < 1.29 is 40.7 Å². The molecule has 0 heterocycles. The van der Waals surface area contributed by atoms with Crippen LogP contribution in [0.5, 0.6) is 11.5 Å². The van der Waals surface area contributed by atoms with E-state index in [9.17, 15) is 35.9 Å². The van der Waals surface area contributed by atoms with E-state index >= 15 is 0 Å². The molecular weight excluding hydrogens is 452 g/mol. The molecule has 0 aliphatic rings. The van der Waals surface area contributed by atoms with Gasteiger partial charge in [0.25, 0.3) is 0 Å². The number of amides is 1.